The molecule has 0 fully saturated rings. The molecular weight excluding hydrogens is 779 g/mol. The maximum absolute atomic E-state index is 5.52. The Bertz CT molecular complexity index is 4340. The first-order chi connectivity index (χ1) is 31.8. The highest BCUT2D eigenvalue weighted by atomic mass is 15.2. The fraction of sp³-hybridized carbons (Fsp3) is 0. The van der Waals surface area contributed by atoms with Gasteiger partial charge in [0, 0.05) is 49.1 Å². The van der Waals surface area contributed by atoms with Gasteiger partial charge in [0.15, 0.2) is 11.6 Å². The predicted molar refractivity (Wildman–Crippen MR) is 267 cm³/mol. The van der Waals surface area contributed by atoms with Crippen LogP contribution in [0.15, 0.2) is 200 Å². The summed E-state index contributed by atoms with van der Waals surface area (Å²) < 4.78 is 4.92. The van der Waals surface area contributed by atoms with Crippen LogP contribution in [0.2, 0.25) is 0 Å². The van der Waals surface area contributed by atoms with Gasteiger partial charge in [0.05, 0.1) is 22.1 Å². The second kappa shape index (κ2) is 12.5. The Labute approximate surface area is 365 Å². The Morgan fingerprint density at radius 3 is 1.09 bits per heavy atom. The standard InChI is InChI=1S/C59H33N5/c1-4-14-38(15-5-1)57-60-58(39-16-6-2-7-17-39)62-59(61-57)64-54-44-27-13-21-37-31-29-35-19-11-25-42(48(35)50(37)44)52(54)46-33-32-45-51-41-24-10-18-34-28-30-36-20-12-26-43(49(36)47(34)41)53(51)63(55(45)56(46)64)40-22-8-3-9-23-40/h1-33H. The maximum Gasteiger partial charge on any atom is 0.238 e. The summed E-state index contributed by atoms with van der Waals surface area (Å²) in [4.78, 5) is 16.2. The second-order valence-electron chi connectivity index (χ2n) is 17.1. The van der Waals surface area contributed by atoms with Crippen molar-refractivity contribution in [3.8, 4) is 34.4 Å². The van der Waals surface area contributed by atoms with E-state index in [1.54, 1.807) is 0 Å². The van der Waals surface area contributed by atoms with Gasteiger partial charge in [-0.15, -0.1) is 0 Å². The maximum atomic E-state index is 5.52. The van der Waals surface area contributed by atoms with E-state index in [2.05, 4.69) is 173 Å². The molecule has 0 aliphatic rings. The average Bonchev–Trinajstić information content (AvgIpc) is 3.91. The number of benzene rings is 12. The van der Waals surface area contributed by atoms with E-state index >= 15 is 0 Å². The van der Waals surface area contributed by atoms with Gasteiger partial charge >= 0.3 is 0 Å². The smallest absolute Gasteiger partial charge is 0.238 e. The molecular formula is C59H33N5. The third kappa shape index (κ3) is 4.39. The van der Waals surface area contributed by atoms with Crippen LogP contribution in [-0.4, -0.2) is 24.1 Å². The molecule has 0 atom stereocenters. The highest BCUT2D eigenvalue weighted by Gasteiger charge is 2.29. The number of nitrogens with zero attached hydrogens (tertiary/aromatic N) is 5. The minimum atomic E-state index is 0.571. The van der Waals surface area contributed by atoms with Crippen molar-refractivity contribution in [3.05, 3.63) is 200 Å². The van der Waals surface area contributed by atoms with E-state index in [1.807, 2.05) is 36.4 Å². The van der Waals surface area contributed by atoms with E-state index in [-0.39, 0.29) is 0 Å². The minimum Gasteiger partial charge on any atom is -0.307 e. The van der Waals surface area contributed by atoms with Crippen LogP contribution < -0.4 is 0 Å². The first kappa shape index (κ1) is 34.0. The van der Waals surface area contributed by atoms with Crippen LogP contribution in [-0.2, 0) is 0 Å². The van der Waals surface area contributed by atoms with Gasteiger partial charge in [-0.1, -0.05) is 188 Å². The summed E-state index contributed by atoms with van der Waals surface area (Å²) in [6, 6.07) is 72.4. The second-order valence-corrected chi connectivity index (χ2v) is 17.1. The number of aromatic nitrogens is 5. The molecule has 64 heavy (non-hydrogen) atoms. The van der Waals surface area contributed by atoms with E-state index in [1.165, 1.54) is 80.9 Å². The van der Waals surface area contributed by atoms with Crippen molar-refractivity contribution in [2.75, 3.05) is 0 Å². The van der Waals surface area contributed by atoms with Gasteiger partial charge in [0.25, 0.3) is 0 Å². The van der Waals surface area contributed by atoms with Crippen molar-refractivity contribution in [3.63, 3.8) is 0 Å². The Morgan fingerprint density at radius 1 is 0.250 bits per heavy atom. The van der Waals surface area contributed by atoms with Gasteiger partial charge in [-0.2, -0.15) is 9.97 Å². The summed E-state index contributed by atoms with van der Waals surface area (Å²) in [6.07, 6.45) is 0. The monoisotopic (exact) mass is 811 g/mol. The minimum absolute atomic E-state index is 0.571. The lowest BCUT2D eigenvalue weighted by atomic mass is 9.90. The van der Waals surface area contributed by atoms with E-state index in [9.17, 15) is 0 Å². The van der Waals surface area contributed by atoms with Gasteiger partial charge in [0.2, 0.25) is 5.95 Å². The average molecular weight is 812 g/mol. The van der Waals surface area contributed by atoms with Crippen molar-refractivity contribution in [2.45, 2.75) is 0 Å². The van der Waals surface area contributed by atoms with Crippen molar-refractivity contribution in [1.82, 2.24) is 24.1 Å². The summed E-state index contributed by atoms with van der Waals surface area (Å²) in [6.45, 7) is 0. The third-order valence-corrected chi connectivity index (χ3v) is 13.8. The quantitative estimate of drug-likeness (QED) is 0.166. The van der Waals surface area contributed by atoms with Gasteiger partial charge < -0.3 is 4.57 Å². The molecule has 15 aromatic rings. The van der Waals surface area contributed by atoms with Crippen molar-refractivity contribution >= 4 is 108 Å². The molecule has 0 saturated carbocycles. The molecule has 0 aliphatic heterocycles. The van der Waals surface area contributed by atoms with E-state index in [0.717, 1.165) is 44.1 Å². The number of fused-ring (bicyclic) bond motifs is 11. The largest absolute Gasteiger partial charge is 0.307 e. The van der Waals surface area contributed by atoms with E-state index < -0.39 is 0 Å². The number of rotatable bonds is 4. The zero-order valence-corrected chi connectivity index (χ0v) is 34.3. The molecule has 12 aromatic carbocycles. The van der Waals surface area contributed by atoms with Crippen molar-refractivity contribution in [1.29, 1.82) is 0 Å². The zero-order chi connectivity index (χ0) is 41.6. The first-order valence-corrected chi connectivity index (χ1v) is 21.9. The summed E-state index contributed by atoms with van der Waals surface area (Å²) in [5, 5.41) is 19.6. The van der Waals surface area contributed by atoms with Gasteiger partial charge in [0.1, 0.15) is 0 Å². The van der Waals surface area contributed by atoms with Crippen LogP contribution in [0, 0.1) is 0 Å². The van der Waals surface area contributed by atoms with Crippen LogP contribution in [0.25, 0.3) is 143 Å². The number of para-hydroxylation sites is 1. The molecule has 3 heterocycles. The first-order valence-electron chi connectivity index (χ1n) is 21.9. The van der Waals surface area contributed by atoms with Crippen molar-refractivity contribution < 1.29 is 0 Å². The molecule has 5 nitrogen and oxygen atoms in total. The molecule has 5 heteroatoms. The molecule has 15 rings (SSSR count). The third-order valence-electron chi connectivity index (χ3n) is 13.8. The summed E-state index contributed by atoms with van der Waals surface area (Å²) in [5.41, 5.74) is 7.38. The lowest BCUT2D eigenvalue weighted by Gasteiger charge is -2.16. The Hall–Kier alpha value is -8.67. The molecule has 0 unspecified atom stereocenters. The van der Waals surface area contributed by atoms with Crippen molar-refractivity contribution in [2.24, 2.45) is 0 Å². The molecule has 0 spiro atoms. The molecule has 3 aromatic heterocycles. The van der Waals surface area contributed by atoms with Crippen LogP contribution >= 0.6 is 0 Å². The number of hydrogen-bond acceptors (Lipinski definition) is 3. The summed E-state index contributed by atoms with van der Waals surface area (Å²) in [5.74, 6) is 1.81. The molecule has 0 saturated heterocycles. The summed E-state index contributed by atoms with van der Waals surface area (Å²) in [7, 11) is 0. The molecule has 0 N–H and O–H groups in total. The lowest BCUT2D eigenvalue weighted by molar-refractivity contribution is 0.955. The van der Waals surface area contributed by atoms with E-state index in [4.69, 9.17) is 15.0 Å². The van der Waals surface area contributed by atoms with Gasteiger partial charge in [-0.25, -0.2) is 4.98 Å². The predicted octanol–water partition coefficient (Wildman–Crippen LogP) is 15.2. The lowest BCUT2D eigenvalue weighted by Crippen LogP contribution is -2.07. The Balaban J connectivity index is 1.26. The zero-order valence-electron chi connectivity index (χ0n) is 34.3. The SMILES string of the molecule is c1ccc(-c2nc(-c3ccccc3)nc(-n3c4c5cccc6ccc7cccc(c7c65)c4c4ccc5c6c7cccc8ccc9cccc(c9c87)c6n(-c6ccccc6)c5c43)n2)cc1. The fourth-order valence-corrected chi connectivity index (χ4v) is 11.2. The normalized spacial score (nSPS) is 12.4. The molecule has 0 bridgehead atoms. The van der Waals surface area contributed by atoms with Crippen LogP contribution in [0.3, 0.4) is 0 Å². The molecule has 0 aliphatic carbocycles. The topological polar surface area (TPSA) is 48.5 Å². The molecule has 0 amide bonds. The van der Waals surface area contributed by atoms with E-state index in [0.29, 0.717) is 17.6 Å². The van der Waals surface area contributed by atoms with Gasteiger partial charge in [-0.05, 0) is 66.0 Å². The summed E-state index contributed by atoms with van der Waals surface area (Å²) >= 11 is 0. The fourth-order valence-electron chi connectivity index (χ4n) is 11.2. The Kier molecular flexibility index (Phi) is 6.62. The molecule has 294 valence electrons. The van der Waals surface area contributed by atoms with Crippen LogP contribution in [0.1, 0.15) is 0 Å². The van der Waals surface area contributed by atoms with Crippen LogP contribution in [0.5, 0.6) is 0 Å². The number of hydrogen-bond donors (Lipinski definition) is 0. The highest BCUT2D eigenvalue weighted by molar-refractivity contribution is 6.42. The molecule has 0 radical (unpaired) electrons. The van der Waals surface area contributed by atoms with Crippen LogP contribution in [0.4, 0.5) is 0 Å². The Morgan fingerprint density at radius 2 is 0.625 bits per heavy atom. The highest BCUT2D eigenvalue weighted by Crippen LogP contribution is 2.51. The van der Waals surface area contributed by atoms with Gasteiger partial charge in [-0.3, -0.25) is 4.57 Å².